The second kappa shape index (κ2) is 24.6. The molecule has 4 aromatic heterocycles. The molecule has 14 aromatic carbocycles. The summed E-state index contributed by atoms with van der Waals surface area (Å²) in [5.41, 5.74) is 22.1. The first-order chi connectivity index (χ1) is 48.6. The summed E-state index contributed by atoms with van der Waals surface area (Å²) in [6.45, 7) is 0. The fourth-order valence-corrected chi connectivity index (χ4v) is 13.8. The molecule has 0 bridgehead atoms. The van der Waals surface area contributed by atoms with Crippen molar-refractivity contribution in [2.24, 2.45) is 0 Å². The van der Waals surface area contributed by atoms with E-state index in [1.165, 1.54) is 0 Å². The molecular weight excluding hydrogens is 1190 g/mol. The van der Waals surface area contributed by atoms with Gasteiger partial charge < -0.3 is 9.13 Å². The molecule has 8 nitrogen and oxygen atoms in total. The molecule has 0 saturated carbocycles. The topological polar surface area (TPSA) is 87.2 Å². The van der Waals surface area contributed by atoms with Gasteiger partial charge in [0, 0.05) is 54.9 Å². The molecule has 98 heavy (non-hydrogen) atoms. The van der Waals surface area contributed by atoms with Gasteiger partial charge in [0.2, 0.25) is 0 Å². The van der Waals surface area contributed by atoms with E-state index in [9.17, 15) is 0 Å². The molecule has 0 aliphatic carbocycles. The lowest BCUT2D eigenvalue weighted by molar-refractivity contribution is 1.06. The number of fused-ring (bicyclic) bond motifs is 6. The summed E-state index contributed by atoms with van der Waals surface area (Å²) in [7, 11) is 0. The Kier molecular flexibility index (Phi) is 14.4. The maximum absolute atomic E-state index is 5.51. The highest BCUT2D eigenvalue weighted by atomic mass is 15.1. The SMILES string of the molecule is c1ccc(-c2ccc3c(c2)c2cc(-c4ccccc4)ccc2n3-c2ccc(-c3ccc(-n4c5ccc(-c6ccccc6)cc5c5cc(-c6ccccc6)ccc54)c(-c4nc(-c5ccccc5)nc(-c5ccccc5)n4)c3)cc2-c2nc(-c3ccccc3)nc(-c3ccccc3)n2)cc1. The number of benzene rings is 14. The molecule has 18 aromatic rings. The second-order valence-electron chi connectivity index (χ2n) is 24.6. The quantitative estimate of drug-likeness (QED) is 0.114. The fourth-order valence-electron chi connectivity index (χ4n) is 13.8. The summed E-state index contributed by atoms with van der Waals surface area (Å²) in [5, 5.41) is 4.50. The van der Waals surface area contributed by atoms with E-state index in [4.69, 9.17) is 29.9 Å². The van der Waals surface area contributed by atoms with Gasteiger partial charge >= 0.3 is 0 Å². The van der Waals surface area contributed by atoms with Gasteiger partial charge in [0.25, 0.3) is 0 Å². The summed E-state index contributed by atoms with van der Waals surface area (Å²) in [6, 6.07) is 124. The van der Waals surface area contributed by atoms with Crippen LogP contribution < -0.4 is 0 Å². The van der Waals surface area contributed by atoms with Gasteiger partial charge in [0.05, 0.1) is 33.4 Å². The standard InChI is InChI=1S/C90H58N8/c1-9-25-59(26-10-1)67-41-47-79-73(53-67)74-54-68(60-27-11-2-12-28-60)42-48-80(74)97(79)83-51-45-71(57-77(83)89-93-85(63-33-17-5-18-34-63)91-86(94-89)64-35-19-6-20-36-64)72-46-52-84(78(58-72)90-95-87(65-37-21-7-22-38-65)92-88(96-90)66-39-23-8-24-40-66)98-81-49-43-69(61-29-13-3-14-30-61)55-75(81)76-56-70(44-50-82(76)98)62-31-15-4-16-32-62/h1-58H. The highest BCUT2D eigenvalue weighted by Crippen LogP contribution is 2.45. The zero-order valence-electron chi connectivity index (χ0n) is 53.1. The Labute approximate surface area is 566 Å². The highest BCUT2D eigenvalue weighted by molar-refractivity contribution is 6.14. The monoisotopic (exact) mass is 1250 g/mol. The van der Waals surface area contributed by atoms with Crippen LogP contribution in [0.15, 0.2) is 352 Å². The predicted molar refractivity (Wildman–Crippen MR) is 402 cm³/mol. The van der Waals surface area contributed by atoms with Crippen LogP contribution in [0, 0.1) is 0 Å². The normalized spacial score (nSPS) is 11.5. The van der Waals surface area contributed by atoms with Crippen molar-refractivity contribution < 1.29 is 0 Å². The Morgan fingerprint density at radius 2 is 0.347 bits per heavy atom. The molecule has 0 saturated heterocycles. The van der Waals surface area contributed by atoms with Gasteiger partial charge in [0.1, 0.15) is 0 Å². The molecule has 0 radical (unpaired) electrons. The van der Waals surface area contributed by atoms with Crippen LogP contribution in [0.5, 0.6) is 0 Å². The molecule has 0 amide bonds. The van der Waals surface area contributed by atoms with Crippen LogP contribution in [0.4, 0.5) is 0 Å². The van der Waals surface area contributed by atoms with E-state index in [2.05, 4.69) is 288 Å². The van der Waals surface area contributed by atoms with Crippen molar-refractivity contribution in [2.45, 2.75) is 0 Å². The average Bonchev–Trinajstić information content (AvgIpc) is 1.57. The molecule has 0 unspecified atom stereocenters. The lowest BCUT2D eigenvalue weighted by Gasteiger charge is -2.18. The Morgan fingerprint density at radius 1 is 0.153 bits per heavy atom. The van der Waals surface area contributed by atoms with Gasteiger partial charge in [0.15, 0.2) is 34.9 Å². The van der Waals surface area contributed by atoms with Gasteiger partial charge in [-0.2, -0.15) is 0 Å². The molecule has 0 spiro atoms. The lowest BCUT2D eigenvalue weighted by atomic mass is 9.97. The van der Waals surface area contributed by atoms with Crippen LogP contribution in [0.3, 0.4) is 0 Å². The van der Waals surface area contributed by atoms with E-state index in [-0.39, 0.29) is 0 Å². The van der Waals surface area contributed by atoms with Crippen LogP contribution >= 0.6 is 0 Å². The number of rotatable bonds is 13. The number of hydrogen-bond acceptors (Lipinski definition) is 6. The molecule has 0 atom stereocenters. The number of nitrogens with zero attached hydrogens (tertiary/aromatic N) is 8. The first-order valence-corrected chi connectivity index (χ1v) is 33.0. The average molecular weight is 1250 g/mol. The van der Waals surface area contributed by atoms with Crippen molar-refractivity contribution in [1.29, 1.82) is 0 Å². The maximum atomic E-state index is 5.51. The Balaban J connectivity index is 0.914. The van der Waals surface area contributed by atoms with Crippen LogP contribution in [-0.4, -0.2) is 39.0 Å². The van der Waals surface area contributed by atoms with Crippen molar-refractivity contribution in [1.82, 2.24) is 39.0 Å². The number of hydrogen-bond donors (Lipinski definition) is 0. The summed E-state index contributed by atoms with van der Waals surface area (Å²) < 4.78 is 4.79. The maximum Gasteiger partial charge on any atom is 0.166 e. The molecule has 0 fully saturated rings. The minimum Gasteiger partial charge on any atom is -0.308 e. The molecule has 0 aliphatic heterocycles. The predicted octanol–water partition coefficient (Wildman–Crippen LogP) is 22.6. The smallest absolute Gasteiger partial charge is 0.166 e. The first kappa shape index (κ1) is 57.4. The van der Waals surface area contributed by atoms with Crippen molar-refractivity contribution >= 4 is 43.6 Å². The largest absolute Gasteiger partial charge is 0.308 e. The van der Waals surface area contributed by atoms with Gasteiger partial charge in [-0.15, -0.1) is 0 Å². The zero-order chi connectivity index (χ0) is 64.9. The van der Waals surface area contributed by atoms with E-state index in [0.29, 0.717) is 34.9 Å². The van der Waals surface area contributed by atoms with E-state index in [1.54, 1.807) is 0 Å². The van der Waals surface area contributed by atoms with Gasteiger partial charge in [-0.25, -0.2) is 29.9 Å². The Hall–Kier alpha value is -13.3. The van der Waals surface area contributed by atoms with Gasteiger partial charge in [-0.05, 0) is 128 Å². The minimum atomic E-state index is 0.524. The Bertz CT molecular complexity index is 5320. The molecule has 4 heterocycles. The summed E-state index contributed by atoms with van der Waals surface area (Å²) in [6.07, 6.45) is 0. The molecular formula is C90H58N8. The summed E-state index contributed by atoms with van der Waals surface area (Å²) >= 11 is 0. The van der Waals surface area contributed by atoms with Crippen molar-refractivity contribution in [3.8, 4) is 135 Å². The van der Waals surface area contributed by atoms with E-state index >= 15 is 0 Å². The summed E-state index contributed by atoms with van der Waals surface area (Å²) in [5.74, 6) is 3.31. The zero-order valence-corrected chi connectivity index (χ0v) is 53.1. The highest BCUT2D eigenvalue weighted by Gasteiger charge is 2.25. The summed E-state index contributed by atoms with van der Waals surface area (Å²) in [4.78, 5) is 32.5. The first-order valence-electron chi connectivity index (χ1n) is 33.0. The third-order valence-corrected chi connectivity index (χ3v) is 18.6. The molecule has 0 aliphatic rings. The molecule has 0 N–H and O–H groups in total. The van der Waals surface area contributed by atoms with E-state index < -0.39 is 0 Å². The minimum absolute atomic E-state index is 0.524. The van der Waals surface area contributed by atoms with Crippen molar-refractivity contribution in [3.05, 3.63) is 352 Å². The van der Waals surface area contributed by atoms with Crippen LogP contribution in [0.1, 0.15) is 0 Å². The Morgan fingerprint density at radius 3 is 0.582 bits per heavy atom. The lowest BCUT2D eigenvalue weighted by Crippen LogP contribution is -2.05. The van der Waals surface area contributed by atoms with Crippen LogP contribution in [-0.2, 0) is 0 Å². The third kappa shape index (κ3) is 10.6. The molecule has 18 rings (SSSR count). The molecule has 458 valence electrons. The van der Waals surface area contributed by atoms with Crippen molar-refractivity contribution in [3.63, 3.8) is 0 Å². The fraction of sp³-hybridized carbons (Fsp3) is 0. The van der Waals surface area contributed by atoms with E-state index in [1.807, 2.05) is 72.8 Å². The second-order valence-corrected chi connectivity index (χ2v) is 24.6. The number of aromatic nitrogens is 8. The van der Waals surface area contributed by atoms with E-state index in [0.717, 1.165) is 144 Å². The van der Waals surface area contributed by atoms with Crippen LogP contribution in [0.2, 0.25) is 0 Å². The van der Waals surface area contributed by atoms with Crippen molar-refractivity contribution in [2.75, 3.05) is 0 Å². The molecule has 8 heteroatoms. The van der Waals surface area contributed by atoms with Crippen LogP contribution in [0.25, 0.3) is 179 Å². The van der Waals surface area contributed by atoms with Gasteiger partial charge in [-0.1, -0.05) is 279 Å². The van der Waals surface area contributed by atoms with Gasteiger partial charge in [-0.3, -0.25) is 0 Å². The third-order valence-electron chi connectivity index (χ3n) is 18.6.